The Bertz CT molecular complexity index is 570. The van der Waals surface area contributed by atoms with E-state index in [2.05, 4.69) is 25.8 Å². The normalized spacial score (nSPS) is 16.1. The summed E-state index contributed by atoms with van der Waals surface area (Å²) in [5.41, 5.74) is 6.30. The molecule has 0 spiro atoms. The van der Waals surface area contributed by atoms with Crippen LogP contribution in [0.3, 0.4) is 0 Å². The van der Waals surface area contributed by atoms with Crippen molar-refractivity contribution in [2.24, 2.45) is 5.73 Å². The maximum Gasteiger partial charge on any atom is 0.322 e. The van der Waals surface area contributed by atoms with Gasteiger partial charge in [-0.2, -0.15) is 0 Å². The largest absolute Gasteiger partial charge is 0.408 e. The van der Waals surface area contributed by atoms with Gasteiger partial charge in [-0.15, -0.1) is 10.2 Å². The van der Waals surface area contributed by atoms with Crippen molar-refractivity contribution >= 4 is 11.9 Å². The first-order valence-electron chi connectivity index (χ1n) is 6.40. The number of amides is 1. The number of carbonyl (C=O) groups excluding carboxylic acids is 1. The number of nitrogens with one attached hydrogen (secondary N) is 1. The summed E-state index contributed by atoms with van der Waals surface area (Å²) >= 11 is 0. The van der Waals surface area contributed by atoms with Crippen LogP contribution in [0.15, 0.2) is 10.6 Å². The molecule has 106 valence electrons. The Hall–Kier alpha value is -2.29. The molecule has 20 heavy (non-hydrogen) atoms. The standard InChI is InChI=1S/C11H15N7O2/c1-6(12)8-4-18(17-14-8)5-9(19)13-11-16-15-10(20-11)7-2-3-7/h4,6-7H,2-3,5,12H2,1H3,(H,13,16,19). The number of rotatable bonds is 5. The molecule has 0 radical (unpaired) electrons. The minimum atomic E-state index is -0.308. The molecule has 2 heterocycles. The van der Waals surface area contributed by atoms with Crippen molar-refractivity contribution in [2.75, 3.05) is 5.32 Å². The van der Waals surface area contributed by atoms with Crippen LogP contribution in [-0.4, -0.2) is 31.1 Å². The van der Waals surface area contributed by atoms with Gasteiger partial charge in [0.05, 0.1) is 11.9 Å². The van der Waals surface area contributed by atoms with Gasteiger partial charge < -0.3 is 10.2 Å². The first kappa shape index (κ1) is 12.7. The third kappa shape index (κ3) is 2.82. The Morgan fingerprint density at radius 2 is 2.35 bits per heavy atom. The van der Waals surface area contributed by atoms with Crippen LogP contribution in [0.1, 0.15) is 43.3 Å². The fourth-order valence-electron chi connectivity index (χ4n) is 1.69. The summed E-state index contributed by atoms with van der Waals surface area (Å²) in [6.45, 7) is 1.81. The van der Waals surface area contributed by atoms with Crippen LogP contribution >= 0.6 is 0 Å². The Kier molecular flexibility index (Phi) is 3.18. The number of anilines is 1. The highest BCUT2D eigenvalue weighted by Gasteiger charge is 2.29. The molecule has 0 saturated heterocycles. The summed E-state index contributed by atoms with van der Waals surface area (Å²) in [5.74, 6) is 0.634. The van der Waals surface area contributed by atoms with E-state index in [0.29, 0.717) is 17.5 Å². The Morgan fingerprint density at radius 3 is 3.00 bits per heavy atom. The third-order valence-electron chi connectivity index (χ3n) is 2.94. The lowest BCUT2D eigenvalue weighted by Crippen LogP contribution is -2.19. The lowest BCUT2D eigenvalue weighted by Gasteiger charge is -2.00. The molecule has 1 saturated carbocycles. The molecule has 2 aromatic rings. The maximum atomic E-state index is 11.8. The van der Waals surface area contributed by atoms with Crippen molar-refractivity contribution < 1.29 is 9.21 Å². The Morgan fingerprint density at radius 1 is 1.55 bits per heavy atom. The van der Waals surface area contributed by atoms with Crippen LogP contribution in [-0.2, 0) is 11.3 Å². The van der Waals surface area contributed by atoms with Crippen molar-refractivity contribution in [3.05, 3.63) is 17.8 Å². The predicted molar refractivity (Wildman–Crippen MR) is 67.5 cm³/mol. The zero-order chi connectivity index (χ0) is 14.1. The van der Waals surface area contributed by atoms with Crippen LogP contribution in [0, 0.1) is 0 Å². The van der Waals surface area contributed by atoms with Crippen LogP contribution in [0.5, 0.6) is 0 Å². The number of nitrogens with two attached hydrogens (primary N) is 1. The van der Waals surface area contributed by atoms with E-state index in [4.69, 9.17) is 10.2 Å². The van der Waals surface area contributed by atoms with Crippen molar-refractivity contribution in [3.8, 4) is 0 Å². The van der Waals surface area contributed by atoms with Gasteiger partial charge in [0.25, 0.3) is 0 Å². The maximum absolute atomic E-state index is 11.8. The average molecular weight is 277 g/mol. The highest BCUT2D eigenvalue weighted by molar-refractivity contribution is 5.88. The summed E-state index contributed by atoms with van der Waals surface area (Å²) in [7, 11) is 0. The number of carbonyl (C=O) groups is 1. The smallest absolute Gasteiger partial charge is 0.322 e. The second-order valence-electron chi connectivity index (χ2n) is 4.90. The molecule has 1 aliphatic carbocycles. The molecule has 3 N–H and O–H groups in total. The summed E-state index contributed by atoms with van der Waals surface area (Å²) < 4.78 is 6.75. The lowest BCUT2D eigenvalue weighted by molar-refractivity contribution is -0.117. The molecule has 0 aromatic carbocycles. The van der Waals surface area contributed by atoms with E-state index < -0.39 is 0 Å². The monoisotopic (exact) mass is 277 g/mol. The van der Waals surface area contributed by atoms with E-state index in [1.54, 1.807) is 13.1 Å². The van der Waals surface area contributed by atoms with E-state index in [1.165, 1.54) is 4.68 Å². The highest BCUT2D eigenvalue weighted by atomic mass is 16.4. The topological polar surface area (TPSA) is 125 Å². The number of nitrogens with zero attached hydrogens (tertiary/aromatic N) is 5. The number of hydrogen-bond donors (Lipinski definition) is 2. The van der Waals surface area contributed by atoms with E-state index in [9.17, 15) is 4.79 Å². The van der Waals surface area contributed by atoms with Gasteiger partial charge in [0.1, 0.15) is 6.54 Å². The van der Waals surface area contributed by atoms with Crippen molar-refractivity contribution in [1.82, 2.24) is 25.2 Å². The molecule has 1 aliphatic rings. The predicted octanol–water partition coefficient (Wildman–Crippen LogP) is 0.197. The molecule has 1 amide bonds. The van der Waals surface area contributed by atoms with Crippen LogP contribution < -0.4 is 11.1 Å². The molecule has 9 nitrogen and oxygen atoms in total. The summed E-state index contributed by atoms with van der Waals surface area (Å²) in [5, 5.41) is 17.9. The third-order valence-corrected chi connectivity index (χ3v) is 2.94. The molecule has 0 bridgehead atoms. The van der Waals surface area contributed by atoms with Crippen LogP contribution in [0.25, 0.3) is 0 Å². The molecule has 2 aromatic heterocycles. The van der Waals surface area contributed by atoms with E-state index in [0.717, 1.165) is 12.8 Å². The zero-order valence-corrected chi connectivity index (χ0v) is 11.0. The highest BCUT2D eigenvalue weighted by Crippen LogP contribution is 2.39. The van der Waals surface area contributed by atoms with Crippen LogP contribution in [0.2, 0.25) is 0 Å². The fourth-order valence-corrected chi connectivity index (χ4v) is 1.69. The van der Waals surface area contributed by atoms with Gasteiger partial charge in [-0.3, -0.25) is 10.1 Å². The van der Waals surface area contributed by atoms with E-state index >= 15 is 0 Å². The lowest BCUT2D eigenvalue weighted by atomic mass is 10.3. The molecule has 9 heteroatoms. The molecular formula is C11H15N7O2. The van der Waals surface area contributed by atoms with Gasteiger partial charge in [-0.1, -0.05) is 10.3 Å². The van der Waals surface area contributed by atoms with Gasteiger partial charge in [-0.05, 0) is 19.8 Å². The fraction of sp³-hybridized carbons (Fsp3) is 0.545. The molecule has 1 atom stereocenters. The van der Waals surface area contributed by atoms with Crippen molar-refractivity contribution in [3.63, 3.8) is 0 Å². The van der Waals surface area contributed by atoms with Gasteiger partial charge in [-0.25, -0.2) is 4.68 Å². The minimum absolute atomic E-state index is 0.0147. The first-order valence-corrected chi connectivity index (χ1v) is 6.40. The van der Waals surface area contributed by atoms with Gasteiger partial charge in [0.2, 0.25) is 11.8 Å². The van der Waals surface area contributed by atoms with Gasteiger partial charge in [0.15, 0.2) is 0 Å². The van der Waals surface area contributed by atoms with Gasteiger partial charge in [0, 0.05) is 12.0 Å². The second kappa shape index (κ2) is 5.00. The quantitative estimate of drug-likeness (QED) is 0.799. The van der Waals surface area contributed by atoms with Crippen molar-refractivity contribution in [1.29, 1.82) is 0 Å². The molecule has 3 rings (SSSR count). The van der Waals surface area contributed by atoms with Gasteiger partial charge >= 0.3 is 6.01 Å². The summed E-state index contributed by atoms with van der Waals surface area (Å²) in [4.78, 5) is 11.8. The summed E-state index contributed by atoms with van der Waals surface area (Å²) in [6, 6.07) is -0.103. The molecule has 1 unspecified atom stereocenters. The second-order valence-corrected chi connectivity index (χ2v) is 4.90. The summed E-state index contributed by atoms with van der Waals surface area (Å²) in [6.07, 6.45) is 3.76. The number of aromatic nitrogens is 5. The molecule has 0 aliphatic heterocycles. The SMILES string of the molecule is CC(N)c1cn(CC(=O)Nc2nnc(C3CC3)o2)nn1. The van der Waals surface area contributed by atoms with Crippen LogP contribution in [0.4, 0.5) is 6.01 Å². The average Bonchev–Trinajstić information content (AvgIpc) is 2.96. The first-order chi connectivity index (χ1) is 9.61. The van der Waals surface area contributed by atoms with Crippen molar-refractivity contribution in [2.45, 2.75) is 38.3 Å². The van der Waals surface area contributed by atoms with E-state index in [1.807, 2.05) is 0 Å². The Balaban J connectivity index is 1.57. The Labute approximate surface area is 114 Å². The van der Waals surface area contributed by atoms with E-state index in [-0.39, 0.29) is 24.5 Å². The molecular weight excluding hydrogens is 262 g/mol. The minimum Gasteiger partial charge on any atom is -0.408 e. The zero-order valence-electron chi connectivity index (χ0n) is 11.0. The number of hydrogen-bond acceptors (Lipinski definition) is 7. The molecule has 1 fully saturated rings.